The van der Waals surface area contributed by atoms with Crippen molar-refractivity contribution < 1.29 is 14.3 Å². The summed E-state index contributed by atoms with van der Waals surface area (Å²) in [6.45, 7) is 3.10. The fourth-order valence-electron chi connectivity index (χ4n) is 1.94. The lowest BCUT2D eigenvalue weighted by molar-refractivity contribution is -0.114. The van der Waals surface area contributed by atoms with Gasteiger partial charge < -0.3 is 10.1 Å². The van der Waals surface area contributed by atoms with E-state index in [-0.39, 0.29) is 18.3 Å². The number of hydrogen-bond acceptors (Lipinski definition) is 3. The Morgan fingerprint density at radius 1 is 1.04 bits per heavy atom. The number of carbonyl (C=O) groups excluding carboxylic acids is 2. The number of rotatable bonds is 5. The molecule has 23 heavy (non-hydrogen) atoms. The Labute approximate surface area is 144 Å². The summed E-state index contributed by atoms with van der Waals surface area (Å²) in [5.41, 5.74) is 1.83. The Kier molecular flexibility index (Phi) is 5.64. The molecule has 0 spiro atoms. The van der Waals surface area contributed by atoms with Gasteiger partial charge in [0, 0.05) is 12.5 Å². The third-order valence-electron chi connectivity index (χ3n) is 3.08. The average Bonchev–Trinajstić information content (AvgIpc) is 2.48. The van der Waals surface area contributed by atoms with Crippen molar-refractivity contribution in [2.75, 3.05) is 5.32 Å². The van der Waals surface area contributed by atoms with Crippen LogP contribution >= 0.6 is 23.2 Å². The van der Waals surface area contributed by atoms with Crippen molar-refractivity contribution >= 4 is 40.6 Å². The van der Waals surface area contributed by atoms with E-state index in [9.17, 15) is 9.59 Å². The molecule has 1 amide bonds. The molecule has 0 fully saturated rings. The molecule has 6 heteroatoms. The van der Waals surface area contributed by atoms with E-state index in [0.29, 0.717) is 27.0 Å². The van der Waals surface area contributed by atoms with E-state index < -0.39 is 0 Å². The number of anilines is 1. The molecule has 2 aromatic rings. The van der Waals surface area contributed by atoms with Crippen LogP contribution in [0.2, 0.25) is 10.0 Å². The van der Waals surface area contributed by atoms with Crippen LogP contribution in [-0.2, 0) is 11.4 Å². The zero-order valence-corrected chi connectivity index (χ0v) is 14.2. The normalized spacial score (nSPS) is 10.3. The number of halogens is 2. The SMILES string of the molecule is CC(=O)Nc1ccc(C(C)=O)cc1OCc1ccc(Cl)c(Cl)c1. The molecule has 0 heterocycles. The van der Waals surface area contributed by atoms with Crippen molar-refractivity contribution in [3.05, 3.63) is 57.6 Å². The smallest absolute Gasteiger partial charge is 0.221 e. The minimum atomic E-state index is -0.222. The summed E-state index contributed by atoms with van der Waals surface area (Å²) in [5, 5.41) is 3.58. The molecule has 0 aliphatic carbocycles. The number of Topliss-reactive ketones (excluding diaryl/α,β-unsaturated/α-hetero) is 1. The zero-order valence-electron chi connectivity index (χ0n) is 12.7. The van der Waals surface area contributed by atoms with Crippen molar-refractivity contribution in [1.29, 1.82) is 0 Å². The van der Waals surface area contributed by atoms with Gasteiger partial charge in [0.2, 0.25) is 5.91 Å². The molecule has 0 bridgehead atoms. The van der Waals surface area contributed by atoms with E-state index in [1.54, 1.807) is 36.4 Å². The second kappa shape index (κ2) is 7.49. The van der Waals surface area contributed by atoms with E-state index in [1.807, 2.05) is 0 Å². The van der Waals surface area contributed by atoms with Gasteiger partial charge in [-0.05, 0) is 42.8 Å². The van der Waals surface area contributed by atoms with Gasteiger partial charge >= 0.3 is 0 Å². The van der Waals surface area contributed by atoms with Crippen LogP contribution in [0.4, 0.5) is 5.69 Å². The molecule has 0 atom stereocenters. The topological polar surface area (TPSA) is 55.4 Å². The molecular weight excluding hydrogens is 337 g/mol. The molecule has 0 aliphatic heterocycles. The lowest BCUT2D eigenvalue weighted by atomic mass is 10.1. The van der Waals surface area contributed by atoms with Crippen LogP contribution in [0, 0.1) is 0 Å². The van der Waals surface area contributed by atoms with E-state index in [0.717, 1.165) is 5.56 Å². The molecule has 0 aromatic heterocycles. The molecule has 0 saturated carbocycles. The van der Waals surface area contributed by atoms with Crippen molar-refractivity contribution in [2.45, 2.75) is 20.5 Å². The molecule has 0 saturated heterocycles. The Morgan fingerprint density at radius 2 is 1.78 bits per heavy atom. The summed E-state index contributed by atoms with van der Waals surface area (Å²) in [4.78, 5) is 22.8. The van der Waals surface area contributed by atoms with Crippen molar-refractivity contribution in [3.8, 4) is 5.75 Å². The van der Waals surface area contributed by atoms with Crippen LogP contribution in [-0.4, -0.2) is 11.7 Å². The highest BCUT2D eigenvalue weighted by Gasteiger charge is 2.10. The van der Waals surface area contributed by atoms with Crippen LogP contribution < -0.4 is 10.1 Å². The van der Waals surface area contributed by atoms with Gasteiger partial charge in [0.1, 0.15) is 12.4 Å². The predicted molar refractivity (Wildman–Crippen MR) is 91.5 cm³/mol. The third kappa shape index (κ3) is 4.71. The van der Waals surface area contributed by atoms with Crippen molar-refractivity contribution in [3.63, 3.8) is 0 Å². The van der Waals surface area contributed by atoms with Gasteiger partial charge in [-0.1, -0.05) is 29.3 Å². The van der Waals surface area contributed by atoms with Gasteiger partial charge in [-0.3, -0.25) is 9.59 Å². The highest BCUT2D eigenvalue weighted by atomic mass is 35.5. The van der Waals surface area contributed by atoms with Crippen LogP contribution in [0.15, 0.2) is 36.4 Å². The molecule has 1 N–H and O–H groups in total. The fraction of sp³-hybridized carbons (Fsp3) is 0.176. The highest BCUT2D eigenvalue weighted by Crippen LogP contribution is 2.28. The third-order valence-corrected chi connectivity index (χ3v) is 3.82. The predicted octanol–water partition coefficient (Wildman–Crippen LogP) is 4.73. The summed E-state index contributed by atoms with van der Waals surface area (Å²) < 4.78 is 5.74. The monoisotopic (exact) mass is 351 g/mol. The number of ether oxygens (including phenoxy) is 1. The minimum absolute atomic E-state index is 0.0845. The highest BCUT2D eigenvalue weighted by molar-refractivity contribution is 6.42. The zero-order chi connectivity index (χ0) is 17.0. The van der Waals surface area contributed by atoms with E-state index in [4.69, 9.17) is 27.9 Å². The first-order valence-corrected chi connectivity index (χ1v) is 7.61. The van der Waals surface area contributed by atoms with Crippen molar-refractivity contribution in [2.24, 2.45) is 0 Å². The average molecular weight is 352 g/mol. The van der Waals surface area contributed by atoms with E-state index >= 15 is 0 Å². The Morgan fingerprint density at radius 3 is 2.39 bits per heavy atom. The fourth-order valence-corrected chi connectivity index (χ4v) is 2.26. The van der Waals surface area contributed by atoms with E-state index in [2.05, 4.69) is 5.32 Å². The lowest BCUT2D eigenvalue weighted by Gasteiger charge is -2.13. The molecule has 0 aliphatic rings. The first-order valence-electron chi connectivity index (χ1n) is 6.86. The number of nitrogens with one attached hydrogen (secondary N) is 1. The quantitative estimate of drug-likeness (QED) is 0.792. The second-order valence-corrected chi connectivity index (χ2v) is 5.80. The first-order chi connectivity index (χ1) is 10.9. The molecule has 4 nitrogen and oxygen atoms in total. The summed E-state index contributed by atoms with van der Waals surface area (Å²) in [7, 11) is 0. The van der Waals surface area contributed by atoms with Crippen LogP contribution in [0.3, 0.4) is 0 Å². The number of ketones is 1. The maximum absolute atomic E-state index is 11.5. The van der Waals surface area contributed by atoms with Crippen LogP contribution in [0.5, 0.6) is 5.75 Å². The Bertz CT molecular complexity index is 759. The standard InChI is InChI=1S/C17H15Cl2NO3/c1-10(21)13-4-6-16(20-11(2)22)17(8-13)23-9-12-3-5-14(18)15(19)7-12/h3-8H,9H2,1-2H3,(H,20,22). The van der Waals surface area contributed by atoms with E-state index in [1.165, 1.54) is 13.8 Å². The maximum atomic E-state index is 11.5. The molecule has 2 aromatic carbocycles. The lowest BCUT2D eigenvalue weighted by Crippen LogP contribution is -2.09. The summed E-state index contributed by atoms with van der Waals surface area (Å²) in [6, 6.07) is 10.1. The second-order valence-electron chi connectivity index (χ2n) is 4.99. The van der Waals surface area contributed by atoms with Gasteiger partial charge in [-0.25, -0.2) is 0 Å². The number of hydrogen-bond donors (Lipinski definition) is 1. The molecule has 2 rings (SSSR count). The summed E-state index contributed by atoms with van der Waals surface area (Å²) >= 11 is 11.9. The van der Waals surface area contributed by atoms with Crippen molar-refractivity contribution in [1.82, 2.24) is 0 Å². The number of carbonyl (C=O) groups is 2. The Balaban J connectivity index is 2.24. The molecular formula is C17H15Cl2NO3. The largest absolute Gasteiger partial charge is 0.487 e. The summed E-state index contributed by atoms with van der Waals surface area (Å²) in [5.74, 6) is 0.109. The number of amides is 1. The Hall–Kier alpha value is -2.04. The van der Waals surface area contributed by atoms with Gasteiger partial charge in [0.15, 0.2) is 5.78 Å². The number of benzene rings is 2. The van der Waals surface area contributed by atoms with Gasteiger partial charge in [-0.15, -0.1) is 0 Å². The molecule has 0 radical (unpaired) electrons. The van der Waals surface area contributed by atoms with Gasteiger partial charge in [0.25, 0.3) is 0 Å². The van der Waals surface area contributed by atoms with Gasteiger partial charge in [0.05, 0.1) is 15.7 Å². The van der Waals surface area contributed by atoms with Gasteiger partial charge in [-0.2, -0.15) is 0 Å². The van der Waals surface area contributed by atoms with Crippen LogP contribution in [0.25, 0.3) is 0 Å². The molecule has 0 unspecified atom stereocenters. The molecule has 120 valence electrons. The van der Waals surface area contributed by atoms with Crippen LogP contribution in [0.1, 0.15) is 29.8 Å². The summed E-state index contributed by atoms with van der Waals surface area (Å²) in [6.07, 6.45) is 0. The first kappa shape index (κ1) is 17.3. The minimum Gasteiger partial charge on any atom is -0.487 e. The maximum Gasteiger partial charge on any atom is 0.221 e.